The Morgan fingerprint density at radius 3 is 2.88 bits per heavy atom. The number of halogens is 2. The Labute approximate surface area is 144 Å². The van der Waals surface area contributed by atoms with Gasteiger partial charge in [-0.3, -0.25) is 14.8 Å². The largest absolute Gasteiger partial charge is 0.376 e. The highest BCUT2D eigenvalue weighted by molar-refractivity contribution is 5.92. The quantitative estimate of drug-likeness (QED) is 0.835. The SMILES string of the molecule is O=C(c1ccccn1)N1CCC(F)(F)C(COCc2cccnc2)C1. The van der Waals surface area contributed by atoms with Gasteiger partial charge in [0.05, 0.1) is 19.1 Å². The van der Waals surface area contributed by atoms with Crippen LogP contribution in [-0.2, 0) is 11.3 Å². The van der Waals surface area contributed by atoms with Crippen molar-refractivity contribution in [1.82, 2.24) is 14.9 Å². The number of carbonyl (C=O) groups excluding carboxylic acids is 1. The Morgan fingerprint density at radius 2 is 2.16 bits per heavy atom. The second kappa shape index (κ2) is 7.65. The van der Waals surface area contributed by atoms with Crippen LogP contribution in [0.1, 0.15) is 22.5 Å². The van der Waals surface area contributed by atoms with Crippen molar-refractivity contribution >= 4 is 5.91 Å². The fourth-order valence-electron chi connectivity index (χ4n) is 2.79. The number of hydrogen-bond acceptors (Lipinski definition) is 4. The van der Waals surface area contributed by atoms with E-state index in [9.17, 15) is 13.6 Å². The van der Waals surface area contributed by atoms with Crippen LogP contribution in [0.5, 0.6) is 0 Å². The van der Waals surface area contributed by atoms with E-state index in [4.69, 9.17) is 4.74 Å². The molecule has 1 fully saturated rings. The molecule has 0 saturated carbocycles. The lowest BCUT2D eigenvalue weighted by molar-refractivity contribution is -0.124. The van der Waals surface area contributed by atoms with E-state index in [-0.39, 0.29) is 44.3 Å². The molecule has 2 aromatic heterocycles. The average molecular weight is 347 g/mol. The number of amides is 1. The molecule has 1 aliphatic rings. The lowest BCUT2D eigenvalue weighted by Crippen LogP contribution is -2.51. The number of aromatic nitrogens is 2. The van der Waals surface area contributed by atoms with Gasteiger partial charge in [0.1, 0.15) is 5.69 Å². The summed E-state index contributed by atoms with van der Waals surface area (Å²) in [6.45, 7) is 0.0689. The van der Waals surface area contributed by atoms with Crippen LogP contribution < -0.4 is 0 Å². The number of hydrogen-bond donors (Lipinski definition) is 0. The maximum atomic E-state index is 14.2. The monoisotopic (exact) mass is 347 g/mol. The topological polar surface area (TPSA) is 55.3 Å². The molecular weight excluding hydrogens is 328 g/mol. The Kier molecular flexibility index (Phi) is 5.33. The summed E-state index contributed by atoms with van der Waals surface area (Å²) in [7, 11) is 0. The van der Waals surface area contributed by atoms with Crippen molar-refractivity contribution in [2.45, 2.75) is 19.0 Å². The molecule has 0 spiro atoms. The van der Waals surface area contributed by atoms with Gasteiger partial charge in [-0.25, -0.2) is 8.78 Å². The number of nitrogens with zero attached hydrogens (tertiary/aromatic N) is 3. The van der Waals surface area contributed by atoms with Crippen LogP contribution in [-0.4, -0.2) is 46.4 Å². The van der Waals surface area contributed by atoms with E-state index in [1.807, 2.05) is 6.07 Å². The van der Waals surface area contributed by atoms with Gasteiger partial charge in [-0.05, 0) is 23.8 Å². The predicted octanol–water partition coefficient (Wildman–Crippen LogP) is 2.79. The summed E-state index contributed by atoms with van der Waals surface area (Å²) in [5.41, 5.74) is 1.09. The van der Waals surface area contributed by atoms with Crippen molar-refractivity contribution in [1.29, 1.82) is 0 Å². The standard InChI is InChI=1S/C18H19F2N3O2/c19-18(20)6-9-23(17(24)16-5-1-2-8-22-16)11-15(18)13-25-12-14-4-3-7-21-10-14/h1-5,7-8,10,15H,6,9,11-13H2. The minimum Gasteiger partial charge on any atom is -0.376 e. The highest BCUT2D eigenvalue weighted by Crippen LogP contribution is 2.34. The van der Waals surface area contributed by atoms with Gasteiger partial charge in [0.25, 0.3) is 11.8 Å². The Morgan fingerprint density at radius 1 is 1.28 bits per heavy atom. The Balaban J connectivity index is 1.60. The van der Waals surface area contributed by atoms with Gasteiger partial charge in [0.2, 0.25) is 0 Å². The maximum Gasteiger partial charge on any atom is 0.272 e. The average Bonchev–Trinajstić information content (AvgIpc) is 2.64. The first-order valence-electron chi connectivity index (χ1n) is 8.11. The highest BCUT2D eigenvalue weighted by Gasteiger charge is 2.45. The number of ether oxygens (including phenoxy) is 1. The minimum absolute atomic E-state index is 0.0154. The van der Waals surface area contributed by atoms with Gasteiger partial charge >= 0.3 is 0 Å². The van der Waals surface area contributed by atoms with Crippen molar-refractivity contribution in [2.24, 2.45) is 5.92 Å². The molecule has 0 aliphatic carbocycles. The highest BCUT2D eigenvalue weighted by atomic mass is 19.3. The van der Waals surface area contributed by atoms with Crippen LogP contribution in [0.3, 0.4) is 0 Å². The number of alkyl halides is 2. The molecule has 1 atom stereocenters. The fraction of sp³-hybridized carbons (Fsp3) is 0.389. The fourth-order valence-corrected chi connectivity index (χ4v) is 2.79. The second-order valence-corrected chi connectivity index (χ2v) is 6.05. The first-order valence-corrected chi connectivity index (χ1v) is 8.11. The molecule has 1 unspecified atom stereocenters. The van der Waals surface area contributed by atoms with Crippen molar-refractivity contribution < 1.29 is 18.3 Å². The van der Waals surface area contributed by atoms with Crippen LogP contribution in [0.25, 0.3) is 0 Å². The molecule has 0 radical (unpaired) electrons. The molecule has 3 rings (SSSR count). The molecule has 2 aromatic rings. The van der Waals surface area contributed by atoms with E-state index in [0.717, 1.165) is 5.56 Å². The third-order valence-electron chi connectivity index (χ3n) is 4.23. The van der Waals surface area contributed by atoms with Crippen LogP contribution in [0.4, 0.5) is 8.78 Å². The summed E-state index contributed by atoms with van der Waals surface area (Å²) in [5.74, 6) is -4.21. The summed E-state index contributed by atoms with van der Waals surface area (Å²) in [5, 5.41) is 0. The van der Waals surface area contributed by atoms with E-state index in [1.165, 1.54) is 11.1 Å². The molecule has 1 saturated heterocycles. The smallest absolute Gasteiger partial charge is 0.272 e. The third kappa shape index (κ3) is 4.36. The van der Waals surface area contributed by atoms with Crippen LogP contribution >= 0.6 is 0 Å². The summed E-state index contributed by atoms with van der Waals surface area (Å²) < 4.78 is 33.8. The number of likely N-dealkylation sites (tertiary alicyclic amines) is 1. The molecule has 0 bridgehead atoms. The van der Waals surface area contributed by atoms with Gasteiger partial charge in [0, 0.05) is 38.1 Å². The van der Waals surface area contributed by atoms with Crippen LogP contribution in [0.2, 0.25) is 0 Å². The summed E-state index contributed by atoms with van der Waals surface area (Å²) in [6, 6.07) is 8.58. The Hall–Kier alpha value is -2.41. The zero-order valence-corrected chi connectivity index (χ0v) is 13.6. The van der Waals surface area contributed by atoms with Crippen LogP contribution in [0, 0.1) is 5.92 Å². The number of carbonyl (C=O) groups is 1. The Bertz CT molecular complexity index is 698. The molecule has 1 aliphatic heterocycles. The summed E-state index contributed by atoms with van der Waals surface area (Å²) in [6.07, 6.45) is 4.42. The van der Waals surface area contributed by atoms with Gasteiger partial charge in [-0.15, -0.1) is 0 Å². The van der Waals surface area contributed by atoms with Gasteiger partial charge in [-0.1, -0.05) is 12.1 Å². The molecule has 132 valence electrons. The zero-order valence-electron chi connectivity index (χ0n) is 13.6. The van der Waals surface area contributed by atoms with E-state index < -0.39 is 11.8 Å². The summed E-state index contributed by atoms with van der Waals surface area (Å²) in [4.78, 5) is 21.8. The molecule has 0 N–H and O–H groups in total. The van der Waals surface area contributed by atoms with E-state index in [2.05, 4.69) is 9.97 Å². The molecular formula is C18H19F2N3O2. The first-order chi connectivity index (χ1) is 12.1. The lowest BCUT2D eigenvalue weighted by atomic mass is 9.94. The minimum atomic E-state index is -2.85. The van der Waals surface area contributed by atoms with Crippen molar-refractivity contribution in [2.75, 3.05) is 19.7 Å². The second-order valence-electron chi connectivity index (χ2n) is 6.05. The van der Waals surface area contributed by atoms with Crippen molar-refractivity contribution in [3.8, 4) is 0 Å². The summed E-state index contributed by atoms with van der Waals surface area (Å²) >= 11 is 0. The third-order valence-corrected chi connectivity index (χ3v) is 4.23. The van der Waals surface area contributed by atoms with Gasteiger partial charge in [0.15, 0.2) is 0 Å². The molecule has 25 heavy (non-hydrogen) atoms. The van der Waals surface area contributed by atoms with Gasteiger partial charge < -0.3 is 9.64 Å². The zero-order chi connectivity index (χ0) is 17.7. The molecule has 0 aromatic carbocycles. The van der Waals surface area contributed by atoms with Gasteiger partial charge in [-0.2, -0.15) is 0 Å². The lowest BCUT2D eigenvalue weighted by Gasteiger charge is -2.38. The normalized spacial score (nSPS) is 19.6. The predicted molar refractivity (Wildman–Crippen MR) is 87.1 cm³/mol. The maximum absolute atomic E-state index is 14.2. The first kappa shape index (κ1) is 17.4. The van der Waals surface area contributed by atoms with Crippen molar-refractivity contribution in [3.05, 3.63) is 60.2 Å². The molecule has 7 heteroatoms. The van der Waals surface area contributed by atoms with Crippen molar-refractivity contribution in [3.63, 3.8) is 0 Å². The van der Waals surface area contributed by atoms with E-state index in [1.54, 1.807) is 36.7 Å². The van der Waals surface area contributed by atoms with E-state index in [0.29, 0.717) is 0 Å². The van der Waals surface area contributed by atoms with E-state index >= 15 is 0 Å². The van der Waals surface area contributed by atoms with Crippen LogP contribution in [0.15, 0.2) is 48.9 Å². The number of pyridine rings is 2. The molecule has 3 heterocycles. The number of rotatable bonds is 5. The number of piperidine rings is 1. The molecule has 5 nitrogen and oxygen atoms in total. The molecule has 1 amide bonds.